The van der Waals surface area contributed by atoms with E-state index in [9.17, 15) is 10.1 Å². The van der Waals surface area contributed by atoms with Crippen molar-refractivity contribution in [2.45, 2.75) is 5.92 Å². The molecule has 1 aliphatic heterocycles. The minimum Gasteiger partial charge on any atom is -0.356 e. The molecule has 2 aromatic rings. The number of allylic oxidation sites excluding steroid dienone is 1. The van der Waals surface area contributed by atoms with E-state index in [-0.39, 0.29) is 5.91 Å². The molecule has 1 aliphatic rings. The molecule has 130 valence electrons. The van der Waals surface area contributed by atoms with Gasteiger partial charge in [0.1, 0.15) is 0 Å². The van der Waals surface area contributed by atoms with Crippen LogP contribution in [0.5, 0.6) is 0 Å². The zero-order chi connectivity index (χ0) is 18.7. The van der Waals surface area contributed by atoms with Crippen LogP contribution >= 0.6 is 23.2 Å². The van der Waals surface area contributed by atoms with Crippen LogP contribution in [0.3, 0.4) is 0 Å². The van der Waals surface area contributed by atoms with Gasteiger partial charge < -0.3 is 10.2 Å². The number of rotatable bonds is 3. The van der Waals surface area contributed by atoms with Gasteiger partial charge in [-0.05, 0) is 29.8 Å². The first kappa shape index (κ1) is 18.1. The van der Waals surface area contributed by atoms with Gasteiger partial charge in [-0.3, -0.25) is 4.79 Å². The van der Waals surface area contributed by atoms with Crippen molar-refractivity contribution in [2.24, 2.45) is 0 Å². The van der Waals surface area contributed by atoms with Crippen LogP contribution in [0.2, 0.25) is 10.0 Å². The van der Waals surface area contributed by atoms with Crippen molar-refractivity contribution in [3.05, 3.63) is 87.7 Å². The molecular weight excluding hydrogens is 369 g/mol. The summed E-state index contributed by atoms with van der Waals surface area (Å²) in [6.45, 7) is 0. The molecule has 0 aliphatic carbocycles. The average molecular weight is 384 g/mol. The number of nitrogens with one attached hydrogen (secondary N) is 1. The lowest BCUT2D eigenvalue weighted by Crippen LogP contribution is -2.26. The number of nitrogens with zero attached hydrogens (tertiary/aromatic N) is 2. The molecule has 26 heavy (non-hydrogen) atoms. The van der Waals surface area contributed by atoms with Gasteiger partial charge >= 0.3 is 0 Å². The lowest BCUT2D eigenvalue weighted by Gasteiger charge is -2.27. The molecule has 3 rings (SSSR count). The molecular formula is C20H15Cl2N3O. The topological polar surface area (TPSA) is 56.1 Å². The van der Waals surface area contributed by atoms with Crippen molar-refractivity contribution in [3.8, 4) is 6.07 Å². The van der Waals surface area contributed by atoms with Gasteiger partial charge in [-0.1, -0.05) is 47.5 Å². The highest BCUT2D eigenvalue weighted by atomic mass is 35.5. The molecule has 0 saturated heterocycles. The van der Waals surface area contributed by atoms with Gasteiger partial charge in [0.15, 0.2) is 0 Å². The Morgan fingerprint density at radius 1 is 1.15 bits per heavy atom. The van der Waals surface area contributed by atoms with Crippen molar-refractivity contribution >= 4 is 34.8 Å². The Kier molecular flexibility index (Phi) is 5.32. The SMILES string of the molecule is CN1C=C(C#N)C(c2ccc(Cl)cc2Cl)C(C(=O)Nc2ccccc2)=C1. The van der Waals surface area contributed by atoms with E-state index in [0.29, 0.717) is 32.4 Å². The van der Waals surface area contributed by atoms with E-state index in [1.807, 2.05) is 18.2 Å². The minimum atomic E-state index is -0.565. The molecule has 4 nitrogen and oxygen atoms in total. The molecule has 6 heteroatoms. The number of halogens is 2. The summed E-state index contributed by atoms with van der Waals surface area (Å²) in [5.74, 6) is -0.857. The summed E-state index contributed by atoms with van der Waals surface area (Å²) in [5, 5.41) is 13.4. The Hall–Kier alpha value is -2.74. The smallest absolute Gasteiger partial charge is 0.254 e. The van der Waals surface area contributed by atoms with Crippen LogP contribution < -0.4 is 5.32 Å². The second-order valence-corrected chi connectivity index (χ2v) is 6.71. The fourth-order valence-corrected chi connectivity index (χ4v) is 3.39. The predicted octanol–water partition coefficient (Wildman–Crippen LogP) is 4.95. The molecule has 1 heterocycles. The normalized spacial score (nSPS) is 16.4. The van der Waals surface area contributed by atoms with Crippen LogP contribution in [-0.2, 0) is 4.79 Å². The van der Waals surface area contributed by atoms with Gasteiger partial charge in [-0.2, -0.15) is 5.26 Å². The maximum absolute atomic E-state index is 12.9. The van der Waals surface area contributed by atoms with Crippen molar-refractivity contribution in [1.29, 1.82) is 5.26 Å². The van der Waals surface area contributed by atoms with Gasteiger partial charge in [0.2, 0.25) is 0 Å². The molecule has 1 unspecified atom stereocenters. The Labute approximate surface area is 161 Å². The number of nitriles is 1. The van der Waals surface area contributed by atoms with E-state index < -0.39 is 5.92 Å². The zero-order valence-corrected chi connectivity index (χ0v) is 15.4. The third-order valence-corrected chi connectivity index (χ3v) is 4.57. The Morgan fingerprint density at radius 2 is 1.88 bits per heavy atom. The molecule has 0 spiro atoms. The van der Waals surface area contributed by atoms with E-state index in [0.717, 1.165) is 0 Å². The van der Waals surface area contributed by atoms with Crippen LogP contribution in [0.4, 0.5) is 5.69 Å². The number of amides is 1. The highest BCUT2D eigenvalue weighted by molar-refractivity contribution is 6.35. The third kappa shape index (κ3) is 3.75. The van der Waals surface area contributed by atoms with E-state index in [2.05, 4.69) is 11.4 Å². The quantitative estimate of drug-likeness (QED) is 0.815. The highest BCUT2D eigenvalue weighted by Crippen LogP contribution is 2.39. The number of para-hydroxylation sites is 1. The second kappa shape index (κ2) is 7.65. The van der Waals surface area contributed by atoms with Crippen LogP contribution in [0.25, 0.3) is 0 Å². The van der Waals surface area contributed by atoms with Crippen LogP contribution in [0.1, 0.15) is 11.5 Å². The van der Waals surface area contributed by atoms with Crippen molar-refractivity contribution in [1.82, 2.24) is 4.90 Å². The van der Waals surface area contributed by atoms with Crippen molar-refractivity contribution in [2.75, 3.05) is 12.4 Å². The van der Waals surface area contributed by atoms with Gasteiger partial charge in [-0.15, -0.1) is 0 Å². The molecule has 1 N–H and O–H groups in total. The Balaban J connectivity index is 2.02. The van der Waals surface area contributed by atoms with Gasteiger partial charge in [-0.25, -0.2) is 0 Å². The molecule has 0 bridgehead atoms. The summed E-state index contributed by atoms with van der Waals surface area (Å²) in [6.07, 6.45) is 3.39. The lowest BCUT2D eigenvalue weighted by atomic mass is 9.83. The van der Waals surface area contributed by atoms with E-state index in [1.165, 1.54) is 0 Å². The molecule has 0 saturated carbocycles. The molecule has 1 atom stereocenters. The molecule has 0 fully saturated rings. The first-order valence-electron chi connectivity index (χ1n) is 7.86. The summed E-state index contributed by atoms with van der Waals surface area (Å²) >= 11 is 12.3. The number of carbonyl (C=O) groups is 1. The molecule has 1 amide bonds. The largest absolute Gasteiger partial charge is 0.356 e. The first-order valence-corrected chi connectivity index (χ1v) is 8.62. The summed E-state index contributed by atoms with van der Waals surface area (Å²) in [7, 11) is 1.77. The standard InChI is InChI=1S/C20H15Cl2N3O/c1-25-11-13(10-23)19(16-8-7-14(21)9-18(16)22)17(12-25)20(26)24-15-5-3-2-4-6-15/h2-9,11-12,19H,1H3,(H,24,26). The lowest BCUT2D eigenvalue weighted by molar-refractivity contribution is -0.113. The molecule has 0 radical (unpaired) electrons. The number of hydrogen-bond donors (Lipinski definition) is 1. The average Bonchev–Trinajstić information content (AvgIpc) is 2.62. The van der Waals surface area contributed by atoms with E-state index >= 15 is 0 Å². The van der Waals surface area contributed by atoms with Crippen LogP contribution in [0.15, 0.2) is 72.1 Å². The first-order chi connectivity index (χ1) is 12.5. The maximum atomic E-state index is 12.9. The van der Waals surface area contributed by atoms with Crippen molar-refractivity contribution in [3.63, 3.8) is 0 Å². The third-order valence-electron chi connectivity index (χ3n) is 4.00. The number of benzene rings is 2. The highest BCUT2D eigenvalue weighted by Gasteiger charge is 2.31. The Bertz CT molecular complexity index is 945. The number of hydrogen-bond acceptors (Lipinski definition) is 3. The van der Waals surface area contributed by atoms with Gasteiger partial charge in [0.05, 0.1) is 17.6 Å². The van der Waals surface area contributed by atoms with E-state index in [4.69, 9.17) is 23.2 Å². The fourth-order valence-electron chi connectivity index (χ4n) is 2.87. The summed E-state index contributed by atoms with van der Waals surface area (Å²) in [5.41, 5.74) is 2.19. The zero-order valence-electron chi connectivity index (χ0n) is 13.9. The monoisotopic (exact) mass is 383 g/mol. The Morgan fingerprint density at radius 3 is 2.54 bits per heavy atom. The van der Waals surface area contributed by atoms with E-state index in [1.54, 1.807) is 54.7 Å². The minimum absolute atomic E-state index is 0.292. The summed E-state index contributed by atoms with van der Waals surface area (Å²) in [4.78, 5) is 14.6. The number of anilines is 1. The fraction of sp³-hybridized carbons (Fsp3) is 0.100. The predicted molar refractivity (Wildman–Crippen MR) is 104 cm³/mol. The van der Waals surface area contributed by atoms with Crippen LogP contribution in [0, 0.1) is 11.3 Å². The molecule has 0 aromatic heterocycles. The second-order valence-electron chi connectivity index (χ2n) is 5.87. The summed E-state index contributed by atoms with van der Waals surface area (Å²) < 4.78 is 0. The maximum Gasteiger partial charge on any atom is 0.254 e. The van der Waals surface area contributed by atoms with Gasteiger partial charge in [0, 0.05) is 40.8 Å². The van der Waals surface area contributed by atoms with Gasteiger partial charge in [0.25, 0.3) is 5.91 Å². The number of carbonyl (C=O) groups excluding carboxylic acids is 1. The summed E-state index contributed by atoms with van der Waals surface area (Å²) in [6, 6.07) is 16.4. The van der Waals surface area contributed by atoms with Crippen LogP contribution in [-0.4, -0.2) is 17.9 Å². The molecule has 2 aromatic carbocycles. The van der Waals surface area contributed by atoms with Crippen molar-refractivity contribution < 1.29 is 4.79 Å².